The average molecular weight is 467 g/mol. The quantitative estimate of drug-likeness (QED) is 0.335. The fourth-order valence-corrected chi connectivity index (χ4v) is 7.34. The molecule has 3 N–H and O–H groups in total. The molecule has 0 spiro atoms. The predicted molar refractivity (Wildman–Crippen MR) is 122 cm³/mol. The van der Waals surface area contributed by atoms with E-state index in [1.807, 2.05) is 13.0 Å². The molecule has 1 aromatic rings. The molecule has 0 aromatic heterocycles. The van der Waals surface area contributed by atoms with E-state index in [4.69, 9.17) is 0 Å². The number of hydrogen-bond acceptors (Lipinski definition) is 3. The van der Waals surface area contributed by atoms with E-state index in [1.54, 1.807) is 6.07 Å². The Morgan fingerprint density at radius 2 is 1.88 bits per heavy atom. The molecule has 3 aliphatic rings. The summed E-state index contributed by atoms with van der Waals surface area (Å²) in [5.74, 6) is 0.948. The first-order chi connectivity index (χ1) is 15.4. The summed E-state index contributed by atoms with van der Waals surface area (Å²) in [6.45, 7) is 4.22. The molecular weight excluding hydrogens is 429 g/mol. The van der Waals surface area contributed by atoms with Crippen molar-refractivity contribution in [3.8, 4) is 5.75 Å². The minimum absolute atomic E-state index is 0.0943. The molecule has 6 heteroatoms. The summed E-state index contributed by atoms with van der Waals surface area (Å²) in [6, 6.07) is 5.71. The van der Waals surface area contributed by atoms with E-state index >= 15 is 0 Å². The molecule has 0 bridgehead atoms. The number of alkyl halides is 3. The maximum Gasteiger partial charge on any atom is 0.414 e. The summed E-state index contributed by atoms with van der Waals surface area (Å²) in [5, 5.41) is 30.5. The van der Waals surface area contributed by atoms with Crippen LogP contribution in [0, 0.1) is 16.7 Å². The monoisotopic (exact) mass is 466 g/mol. The molecule has 0 radical (unpaired) electrons. The number of fused-ring (bicyclic) bond motifs is 5. The van der Waals surface area contributed by atoms with Crippen molar-refractivity contribution < 1.29 is 28.5 Å². The van der Waals surface area contributed by atoms with Gasteiger partial charge in [-0.1, -0.05) is 31.6 Å². The lowest BCUT2D eigenvalue weighted by Crippen LogP contribution is -2.54. The zero-order chi connectivity index (χ0) is 24.1. The number of aliphatic hydroxyl groups excluding tert-OH is 1. The van der Waals surface area contributed by atoms with Crippen LogP contribution in [0.15, 0.2) is 30.4 Å². The topological polar surface area (TPSA) is 60.7 Å². The third-order valence-corrected chi connectivity index (χ3v) is 9.40. The van der Waals surface area contributed by atoms with Gasteiger partial charge >= 0.3 is 6.18 Å². The average Bonchev–Trinajstić information content (AvgIpc) is 2.99. The minimum Gasteiger partial charge on any atom is -0.508 e. The molecular formula is C27H37F3O3. The lowest BCUT2D eigenvalue weighted by atomic mass is 9.46. The van der Waals surface area contributed by atoms with Gasteiger partial charge in [-0.3, -0.25) is 0 Å². The summed E-state index contributed by atoms with van der Waals surface area (Å²) in [7, 11) is 0. The Morgan fingerprint density at radius 3 is 2.61 bits per heavy atom. The number of benzene rings is 1. The van der Waals surface area contributed by atoms with Gasteiger partial charge in [0, 0.05) is 0 Å². The molecule has 184 valence electrons. The maximum atomic E-state index is 12.5. The first-order valence-electron chi connectivity index (χ1n) is 12.4. The van der Waals surface area contributed by atoms with Crippen LogP contribution in [0.5, 0.6) is 5.75 Å². The molecule has 0 aliphatic heterocycles. The molecule has 2 fully saturated rings. The number of aliphatic hydroxyl groups is 2. The van der Waals surface area contributed by atoms with Gasteiger partial charge in [0.2, 0.25) is 0 Å². The van der Waals surface area contributed by atoms with Crippen molar-refractivity contribution in [3.05, 3.63) is 41.5 Å². The third-order valence-electron chi connectivity index (χ3n) is 9.40. The molecule has 0 amide bonds. The van der Waals surface area contributed by atoms with Gasteiger partial charge in [-0.2, -0.15) is 13.2 Å². The number of allylic oxidation sites excluding steroid dienone is 2. The van der Waals surface area contributed by atoms with Crippen LogP contribution in [0.1, 0.15) is 88.7 Å². The van der Waals surface area contributed by atoms with Crippen molar-refractivity contribution in [2.45, 2.75) is 102 Å². The Hall–Kier alpha value is -1.53. The van der Waals surface area contributed by atoms with Crippen molar-refractivity contribution in [1.82, 2.24) is 0 Å². The van der Waals surface area contributed by atoms with E-state index in [-0.39, 0.29) is 17.3 Å². The third kappa shape index (κ3) is 4.22. The van der Waals surface area contributed by atoms with Gasteiger partial charge in [-0.25, -0.2) is 0 Å². The van der Waals surface area contributed by atoms with Gasteiger partial charge in [-0.05, 0) is 111 Å². The summed E-state index contributed by atoms with van der Waals surface area (Å²) in [4.78, 5) is 0. The molecule has 2 saturated carbocycles. The summed E-state index contributed by atoms with van der Waals surface area (Å²) in [5.41, 5.74) is 1.54. The Bertz CT molecular complexity index is 893. The van der Waals surface area contributed by atoms with Crippen LogP contribution in [0.2, 0.25) is 0 Å². The van der Waals surface area contributed by atoms with Crippen LogP contribution in [0.25, 0.3) is 0 Å². The molecule has 3 aliphatic carbocycles. The van der Waals surface area contributed by atoms with Crippen LogP contribution < -0.4 is 0 Å². The fraction of sp³-hybridized carbons (Fsp3) is 0.704. The number of phenols is 1. The van der Waals surface area contributed by atoms with Gasteiger partial charge < -0.3 is 15.3 Å². The lowest BCUT2D eigenvalue weighted by Gasteiger charge is -2.59. The molecule has 0 saturated heterocycles. The van der Waals surface area contributed by atoms with Crippen LogP contribution in [0.3, 0.4) is 0 Å². The van der Waals surface area contributed by atoms with Crippen molar-refractivity contribution >= 4 is 0 Å². The number of hydrogen-bond donors (Lipinski definition) is 3. The summed E-state index contributed by atoms with van der Waals surface area (Å²) in [6.07, 6.45) is 4.56. The number of phenolic OH excluding ortho intramolecular Hbond substituents is 1. The summed E-state index contributed by atoms with van der Waals surface area (Å²) >= 11 is 0. The molecule has 4 rings (SSSR count). The lowest BCUT2D eigenvalue weighted by molar-refractivity contribution is -0.205. The second kappa shape index (κ2) is 8.60. The van der Waals surface area contributed by atoms with Crippen LogP contribution >= 0.6 is 0 Å². The SMILES string of the molecule is C[C@]1(O)CC[C@H]2C3(C=CCCCC[C@H](O)C(F)(F)F)CCc4cc(O)ccc4[C@H]3CC[C@@]21C. The number of halogens is 3. The minimum atomic E-state index is -4.54. The van der Waals surface area contributed by atoms with E-state index < -0.39 is 17.9 Å². The van der Waals surface area contributed by atoms with Crippen molar-refractivity contribution in [2.24, 2.45) is 16.7 Å². The Kier molecular flexibility index (Phi) is 6.41. The van der Waals surface area contributed by atoms with Gasteiger partial charge in [0.1, 0.15) is 11.9 Å². The highest BCUT2D eigenvalue weighted by molar-refractivity contribution is 5.43. The number of unbranched alkanes of at least 4 members (excludes halogenated alkanes) is 2. The molecule has 6 atom stereocenters. The van der Waals surface area contributed by atoms with Gasteiger partial charge in [-0.15, -0.1) is 0 Å². The highest BCUT2D eigenvalue weighted by Gasteiger charge is 2.64. The van der Waals surface area contributed by atoms with Crippen molar-refractivity contribution in [3.63, 3.8) is 0 Å². The normalized spacial score (nSPS) is 36.9. The van der Waals surface area contributed by atoms with Gasteiger partial charge in [0.25, 0.3) is 0 Å². The van der Waals surface area contributed by atoms with Gasteiger partial charge in [0.15, 0.2) is 0 Å². The zero-order valence-electron chi connectivity index (χ0n) is 19.7. The van der Waals surface area contributed by atoms with E-state index in [0.29, 0.717) is 36.8 Å². The zero-order valence-corrected chi connectivity index (χ0v) is 19.7. The summed E-state index contributed by atoms with van der Waals surface area (Å²) < 4.78 is 37.6. The molecule has 3 nitrogen and oxygen atoms in total. The highest BCUT2D eigenvalue weighted by Crippen LogP contribution is 2.70. The van der Waals surface area contributed by atoms with Crippen molar-refractivity contribution in [1.29, 1.82) is 0 Å². The predicted octanol–water partition coefficient (Wildman–Crippen LogP) is 6.41. The van der Waals surface area contributed by atoms with E-state index in [9.17, 15) is 28.5 Å². The van der Waals surface area contributed by atoms with Crippen LogP contribution in [-0.4, -0.2) is 33.2 Å². The first-order valence-corrected chi connectivity index (χ1v) is 12.4. The Labute approximate surface area is 194 Å². The standard InChI is InChI=1S/C27H37F3O3/c1-24-14-11-21-20-9-8-19(31)17-18(20)10-16-26(21,22(24)12-15-25(24,2)33)13-6-4-3-5-7-23(32)27(28,29)30/h6,8-9,13,17,21-23,31-33H,3-5,7,10-12,14-16H2,1-2H3/t21-,22-,23+,24+,25+,26?/m1/s1. The second-order valence-electron chi connectivity index (χ2n) is 11.1. The molecule has 33 heavy (non-hydrogen) atoms. The fourth-order valence-electron chi connectivity index (χ4n) is 7.34. The number of aromatic hydroxyl groups is 1. The largest absolute Gasteiger partial charge is 0.508 e. The Morgan fingerprint density at radius 1 is 1.12 bits per heavy atom. The van der Waals surface area contributed by atoms with E-state index in [2.05, 4.69) is 25.1 Å². The maximum absolute atomic E-state index is 12.5. The van der Waals surface area contributed by atoms with Crippen LogP contribution in [-0.2, 0) is 6.42 Å². The van der Waals surface area contributed by atoms with E-state index in [0.717, 1.165) is 38.5 Å². The smallest absolute Gasteiger partial charge is 0.414 e. The second-order valence-corrected chi connectivity index (χ2v) is 11.1. The number of aryl methyl sites for hydroxylation is 1. The van der Waals surface area contributed by atoms with E-state index in [1.165, 1.54) is 11.1 Å². The van der Waals surface area contributed by atoms with Crippen molar-refractivity contribution in [2.75, 3.05) is 0 Å². The molecule has 1 unspecified atom stereocenters. The Balaban J connectivity index is 1.56. The number of rotatable bonds is 6. The first kappa shape index (κ1) is 24.6. The van der Waals surface area contributed by atoms with Gasteiger partial charge in [0.05, 0.1) is 5.60 Å². The molecule has 1 aromatic carbocycles. The molecule has 0 heterocycles. The highest BCUT2D eigenvalue weighted by atomic mass is 19.4. The van der Waals surface area contributed by atoms with Crippen LogP contribution in [0.4, 0.5) is 13.2 Å².